The van der Waals surface area contributed by atoms with Crippen LogP contribution in [0.2, 0.25) is 0 Å². The lowest BCUT2D eigenvalue weighted by Crippen LogP contribution is -1.98. The van der Waals surface area contributed by atoms with Gasteiger partial charge in [0.1, 0.15) is 0 Å². The number of hydrogen-bond acceptors (Lipinski definition) is 2. The van der Waals surface area contributed by atoms with Crippen molar-refractivity contribution in [1.29, 1.82) is 0 Å². The summed E-state index contributed by atoms with van der Waals surface area (Å²) < 4.78 is 0. The highest BCUT2D eigenvalue weighted by Crippen LogP contribution is 2.37. The van der Waals surface area contributed by atoms with Crippen LogP contribution in [0, 0.1) is 13.8 Å². The van der Waals surface area contributed by atoms with Crippen molar-refractivity contribution in [2.45, 2.75) is 33.6 Å². The molecule has 0 atom stereocenters. The molecule has 0 N–H and O–H groups in total. The summed E-state index contributed by atoms with van der Waals surface area (Å²) in [6.45, 7) is 6.27. The van der Waals surface area contributed by atoms with Crippen molar-refractivity contribution in [3.05, 3.63) is 46.4 Å². The Balaban J connectivity index is 2.29. The van der Waals surface area contributed by atoms with E-state index in [4.69, 9.17) is 4.98 Å². The third kappa shape index (κ3) is 1.47. The summed E-state index contributed by atoms with van der Waals surface area (Å²) >= 11 is 0. The first kappa shape index (κ1) is 10.5. The molecule has 1 aliphatic carbocycles. The van der Waals surface area contributed by atoms with E-state index in [0.29, 0.717) is 0 Å². The van der Waals surface area contributed by atoms with Crippen LogP contribution >= 0.6 is 0 Å². The summed E-state index contributed by atoms with van der Waals surface area (Å²) in [7, 11) is 0. The predicted octanol–water partition coefficient (Wildman–Crippen LogP) is 3.23. The molecule has 1 aromatic heterocycles. The molecule has 0 bridgehead atoms. The minimum Gasteiger partial charge on any atom is -0.254 e. The van der Waals surface area contributed by atoms with Gasteiger partial charge in [0.2, 0.25) is 0 Å². The number of benzene rings is 1. The summed E-state index contributed by atoms with van der Waals surface area (Å²) in [5, 5.41) is 0. The number of hydrogen-bond donors (Lipinski definition) is 0. The Morgan fingerprint density at radius 3 is 2.65 bits per heavy atom. The van der Waals surface area contributed by atoms with Crippen molar-refractivity contribution in [1.82, 2.24) is 9.97 Å². The normalized spacial score (nSPS) is 12.4. The summed E-state index contributed by atoms with van der Waals surface area (Å²) in [6, 6.07) is 6.54. The van der Waals surface area contributed by atoms with Gasteiger partial charge < -0.3 is 0 Å². The minimum absolute atomic E-state index is 0.937. The van der Waals surface area contributed by atoms with Gasteiger partial charge in [0, 0.05) is 12.0 Å². The summed E-state index contributed by atoms with van der Waals surface area (Å²) in [5.41, 5.74) is 8.45. The molecule has 0 spiro atoms. The average molecular weight is 224 g/mol. The van der Waals surface area contributed by atoms with Gasteiger partial charge in [-0.05, 0) is 31.4 Å². The van der Waals surface area contributed by atoms with Crippen LogP contribution in [0.3, 0.4) is 0 Å². The lowest BCUT2D eigenvalue weighted by Gasteiger charge is -2.07. The van der Waals surface area contributed by atoms with Crippen molar-refractivity contribution < 1.29 is 0 Å². The standard InChI is InChI=1S/C15H16N2/c1-4-11-6-5-7-12-8-13-15(14(11)12)17-10(3)9(2)16-13/h5-7H,4,8H2,1-3H3. The highest BCUT2D eigenvalue weighted by molar-refractivity contribution is 5.75. The van der Waals surface area contributed by atoms with Gasteiger partial charge in [0.05, 0.1) is 22.8 Å². The highest BCUT2D eigenvalue weighted by Gasteiger charge is 2.23. The molecule has 0 amide bonds. The quantitative estimate of drug-likeness (QED) is 0.634. The van der Waals surface area contributed by atoms with Gasteiger partial charge >= 0.3 is 0 Å². The SMILES string of the molecule is CCc1cccc2c1-c1nc(C)c(C)nc1C2. The maximum Gasteiger partial charge on any atom is 0.0929 e. The van der Waals surface area contributed by atoms with E-state index in [-0.39, 0.29) is 0 Å². The molecule has 3 rings (SSSR count). The van der Waals surface area contributed by atoms with Crippen LogP contribution < -0.4 is 0 Å². The Kier molecular flexibility index (Phi) is 2.25. The van der Waals surface area contributed by atoms with Gasteiger partial charge in [-0.3, -0.25) is 4.98 Å². The zero-order chi connectivity index (χ0) is 12.0. The van der Waals surface area contributed by atoms with Gasteiger partial charge in [-0.1, -0.05) is 25.1 Å². The second kappa shape index (κ2) is 3.66. The van der Waals surface area contributed by atoms with E-state index in [0.717, 1.165) is 35.6 Å². The van der Waals surface area contributed by atoms with Crippen LogP contribution in [-0.2, 0) is 12.8 Å². The molecule has 0 unspecified atom stereocenters. The zero-order valence-corrected chi connectivity index (χ0v) is 10.5. The van der Waals surface area contributed by atoms with E-state index in [1.165, 1.54) is 16.7 Å². The topological polar surface area (TPSA) is 25.8 Å². The van der Waals surface area contributed by atoms with Gasteiger partial charge in [0.25, 0.3) is 0 Å². The molecule has 0 saturated carbocycles. The van der Waals surface area contributed by atoms with Crippen LogP contribution in [0.25, 0.3) is 11.3 Å². The Labute approximate surface area is 102 Å². The lowest BCUT2D eigenvalue weighted by atomic mass is 10.0. The number of fused-ring (bicyclic) bond motifs is 3. The van der Waals surface area contributed by atoms with E-state index < -0.39 is 0 Å². The summed E-state index contributed by atoms with van der Waals surface area (Å²) in [5.74, 6) is 0. The van der Waals surface area contributed by atoms with Crippen molar-refractivity contribution in [2.24, 2.45) is 0 Å². The number of rotatable bonds is 1. The molecule has 2 nitrogen and oxygen atoms in total. The van der Waals surface area contributed by atoms with E-state index in [1.54, 1.807) is 0 Å². The number of aryl methyl sites for hydroxylation is 3. The third-order valence-corrected chi connectivity index (χ3v) is 3.59. The fourth-order valence-electron chi connectivity index (χ4n) is 2.55. The molecule has 0 saturated heterocycles. The highest BCUT2D eigenvalue weighted by atomic mass is 14.9. The largest absolute Gasteiger partial charge is 0.254 e. The van der Waals surface area contributed by atoms with Crippen LogP contribution in [0.15, 0.2) is 18.2 Å². The van der Waals surface area contributed by atoms with Gasteiger partial charge in [-0.2, -0.15) is 0 Å². The Morgan fingerprint density at radius 1 is 1.12 bits per heavy atom. The molecular formula is C15H16N2. The molecule has 17 heavy (non-hydrogen) atoms. The molecule has 2 heteroatoms. The molecule has 0 aliphatic heterocycles. The minimum atomic E-state index is 0.937. The van der Waals surface area contributed by atoms with E-state index >= 15 is 0 Å². The molecule has 1 aromatic carbocycles. The Morgan fingerprint density at radius 2 is 1.88 bits per heavy atom. The molecule has 1 heterocycles. The van der Waals surface area contributed by atoms with Crippen LogP contribution in [-0.4, -0.2) is 9.97 Å². The van der Waals surface area contributed by atoms with Crippen molar-refractivity contribution in [2.75, 3.05) is 0 Å². The molecule has 1 aliphatic rings. The van der Waals surface area contributed by atoms with Crippen LogP contribution in [0.5, 0.6) is 0 Å². The molecule has 0 fully saturated rings. The fourth-order valence-corrected chi connectivity index (χ4v) is 2.55. The first-order valence-corrected chi connectivity index (χ1v) is 6.16. The average Bonchev–Trinajstić information content (AvgIpc) is 2.67. The Bertz CT molecular complexity index is 600. The zero-order valence-electron chi connectivity index (χ0n) is 10.5. The van der Waals surface area contributed by atoms with E-state index in [1.807, 2.05) is 13.8 Å². The number of aromatic nitrogens is 2. The Hall–Kier alpha value is -1.70. The first-order chi connectivity index (χ1) is 8.20. The molecule has 86 valence electrons. The first-order valence-electron chi connectivity index (χ1n) is 6.16. The van der Waals surface area contributed by atoms with Gasteiger partial charge in [-0.15, -0.1) is 0 Å². The molecule has 0 radical (unpaired) electrons. The summed E-state index contributed by atoms with van der Waals surface area (Å²) in [4.78, 5) is 9.42. The van der Waals surface area contributed by atoms with E-state index in [2.05, 4.69) is 30.1 Å². The smallest absolute Gasteiger partial charge is 0.0929 e. The maximum absolute atomic E-state index is 4.74. The summed E-state index contributed by atoms with van der Waals surface area (Å²) in [6.07, 6.45) is 1.99. The lowest BCUT2D eigenvalue weighted by molar-refractivity contribution is 0.994. The second-order valence-electron chi connectivity index (χ2n) is 4.67. The monoisotopic (exact) mass is 224 g/mol. The third-order valence-electron chi connectivity index (χ3n) is 3.59. The van der Waals surface area contributed by atoms with Gasteiger partial charge in [0.15, 0.2) is 0 Å². The van der Waals surface area contributed by atoms with Gasteiger partial charge in [-0.25, -0.2) is 4.98 Å². The molecule has 2 aromatic rings. The number of nitrogens with zero attached hydrogens (tertiary/aromatic N) is 2. The fraction of sp³-hybridized carbons (Fsp3) is 0.333. The van der Waals surface area contributed by atoms with Crippen molar-refractivity contribution in [3.8, 4) is 11.3 Å². The predicted molar refractivity (Wildman–Crippen MR) is 69.1 cm³/mol. The van der Waals surface area contributed by atoms with Crippen LogP contribution in [0.1, 0.15) is 35.1 Å². The van der Waals surface area contributed by atoms with Crippen LogP contribution in [0.4, 0.5) is 0 Å². The molecular weight excluding hydrogens is 208 g/mol. The maximum atomic E-state index is 4.74. The van der Waals surface area contributed by atoms with Crippen molar-refractivity contribution in [3.63, 3.8) is 0 Å². The van der Waals surface area contributed by atoms with Crippen molar-refractivity contribution >= 4 is 0 Å². The van der Waals surface area contributed by atoms with E-state index in [9.17, 15) is 0 Å². The second-order valence-corrected chi connectivity index (χ2v) is 4.67.